The van der Waals surface area contributed by atoms with E-state index in [9.17, 15) is 0 Å². The van der Waals surface area contributed by atoms with Gasteiger partial charge in [-0.3, -0.25) is 0 Å². The number of para-hydroxylation sites is 1. The normalized spacial score (nSPS) is 10.7. The summed E-state index contributed by atoms with van der Waals surface area (Å²) in [5, 5.41) is 4.69. The summed E-state index contributed by atoms with van der Waals surface area (Å²) in [5.74, 6) is 0.925. The standard InChI is InChI=1S/C15H12ClN3O/c1-9-8-10(6-7-12(9)16)15-18-14(19-20-15)11-4-2-3-5-13(11)17/h2-8H,17H2,1H3. The Morgan fingerprint density at radius 1 is 1.15 bits per heavy atom. The van der Waals surface area contributed by atoms with Crippen molar-refractivity contribution in [3.05, 3.63) is 53.1 Å². The molecule has 0 radical (unpaired) electrons. The van der Waals surface area contributed by atoms with Crippen molar-refractivity contribution in [2.45, 2.75) is 6.92 Å². The lowest BCUT2D eigenvalue weighted by molar-refractivity contribution is 0.432. The van der Waals surface area contributed by atoms with Gasteiger partial charge in [-0.05, 0) is 42.8 Å². The highest BCUT2D eigenvalue weighted by atomic mass is 35.5. The number of benzene rings is 2. The minimum absolute atomic E-state index is 0.447. The predicted octanol–water partition coefficient (Wildman–Crippen LogP) is 3.95. The summed E-state index contributed by atoms with van der Waals surface area (Å²) in [6.07, 6.45) is 0. The average Bonchev–Trinajstić information content (AvgIpc) is 2.92. The Morgan fingerprint density at radius 3 is 2.70 bits per heavy atom. The third kappa shape index (κ3) is 2.26. The second-order valence-corrected chi connectivity index (χ2v) is 4.88. The number of hydrogen-bond donors (Lipinski definition) is 1. The van der Waals surface area contributed by atoms with Gasteiger partial charge in [0.05, 0.1) is 0 Å². The largest absolute Gasteiger partial charge is 0.398 e. The zero-order valence-corrected chi connectivity index (χ0v) is 11.6. The molecule has 0 bridgehead atoms. The van der Waals surface area contributed by atoms with E-state index in [0.29, 0.717) is 22.4 Å². The van der Waals surface area contributed by atoms with Gasteiger partial charge in [-0.15, -0.1) is 0 Å². The smallest absolute Gasteiger partial charge is 0.258 e. The lowest BCUT2D eigenvalue weighted by Gasteiger charge is -1.99. The molecule has 4 nitrogen and oxygen atoms in total. The second kappa shape index (κ2) is 4.98. The van der Waals surface area contributed by atoms with Gasteiger partial charge in [0.2, 0.25) is 5.82 Å². The number of nitrogen functional groups attached to an aromatic ring is 1. The summed E-state index contributed by atoms with van der Waals surface area (Å²) in [4.78, 5) is 4.38. The first kappa shape index (κ1) is 12.7. The Bertz CT molecular complexity index is 767. The van der Waals surface area contributed by atoms with Crippen LogP contribution in [0.2, 0.25) is 5.02 Å². The van der Waals surface area contributed by atoms with Gasteiger partial charge in [-0.1, -0.05) is 28.9 Å². The maximum absolute atomic E-state index is 6.01. The number of aromatic nitrogens is 2. The van der Waals surface area contributed by atoms with Crippen molar-refractivity contribution in [1.82, 2.24) is 10.1 Å². The van der Waals surface area contributed by atoms with Crippen LogP contribution in [0.15, 0.2) is 47.0 Å². The highest BCUT2D eigenvalue weighted by Crippen LogP contribution is 2.27. The highest BCUT2D eigenvalue weighted by molar-refractivity contribution is 6.31. The average molecular weight is 286 g/mol. The van der Waals surface area contributed by atoms with Crippen LogP contribution in [0, 0.1) is 6.92 Å². The molecule has 20 heavy (non-hydrogen) atoms. The molecule has 2 aromatic carbocycles. The molecule has 3 aromatic rings. The summed E-state index contributed by atoms with van der Waals surface area (Å²) in [7, 11) is 0. The van der Waals surface area contributed by atoms with E-state index in [0.717, 1.165) is 16.7 Å². The molecule has 1 heterocycles. The first-order valence-electron chi connectivity index (χ1n) is 6.10. The van der Waals surface area contributed by atoms with Crippen molar-refractivity contribution < 1.29 is 4.52 Å². The zero-order valence-electron chi connectivity index (χ0n) is 10.8. The Hall–Kier alpha value is -2.33. The van der Waals surface area contributed by atoms with Gasteiger partial charge in [0.15, 0.2) is 0 Å². The van der Waals surface area contributed by atoms with E-state index in [1.54, 1.807) is 6.07 Å². The molecular formula is C15H12ClN3O. The number of nitrogens with zero attached hydrogens (tertiary/aromatic N) is 2. The monoisotopic (exact) mass is 285 g/mol. The molecule has 0 aliphatic carbocycles. The predicted molar refractivity (Wildman–Crippen MR) is 79.3 cm³/mol. The van der Waals surface area contributed by atoms with Crippen LogP contribution in [-0.2, 0) is 0 Å². The Kier molecular flexibility index (Phi) is 3.16. The summed E-state index contributed by atoms with van der Waals surface area (Å²) >= 11 is 6.01. The van der Waals surface area contributed by atoms with Crippen molar-refractivity contribution in [2.24, 2.45) is 0 Å². The number of rotatable bonds is 2. The van der Waals surface area contributed by atoms with Gasteiger partial charge in [0.25, 0.3) is 5.89 Å². The Morgan fingerprint density at radius 2 is 1.95 bits per heavy atom. The van der Waals surface area contributed by atoms with Crippen LogP contribution < -0.4 is 5.73 Å². The Labute approximate surface area is 121 Å². The van der Waals surface area contributed by atoms with Crippen LogP contribution in [0.25, 0.3) is 22.8 Å². The van der Waals surface area contributed by atoms with Gasteiger partial charge in [0.1, 0.15) is 0 Å². The van der Waals surface area contributed by atoms with Gasteiger partial charge in [-0.2, -0.15) is 4.98 Å². The van der Waals surface area contributed by atoms with E-state index in [2.05, 4.69) is 10.1 Å². The molecule has 5 heteroatoms. The molecule has 2 N–H and O–H groups in total. The first-order chi connectivity index (χ1) is 9.65. The van der Waals surface area contributed by atoms with Crippen molar-refractivity contribution in [1.29, 1.82) is 0 Å². The minimum Gasteiger partial charge on any atom is -0.398 e. The van der Waals surface area contributed by atoms with E-state index in [-0.39, 0.29) is 0 Å². The lowest BCUT2D eigenvalue weighted by Crippen LogP contribution is -1.90. The summed E-state index contributed by atoms with van der Waals surface area (Å²) in [6.45, 7) is 1.93. The molecule has 0 spiro atoms. The minimum atomic E-state index is 0.447. The number of anilines is 1. The van der Waals surface area contributed by atoms with Crippen molar-refractivity contribution >= 4 is 17.3 Å². The Balaban J connectivity index is 2.02. The fraction of sp³-hybridized carbons (Fsp3) is 0.0667. The second-order valence-electron chi connectivity index (χ2n) is 4.47. The highest BCUT2D eigenvalue weighted by Gasteiger charge is 2.12. The maximum atomic E-state index is 6.01. The molecule has 0 saturated carbocycles. The van der Waals surface area contributed by atoms with Gasteiger partial charge >= 0.3 is 0 Å². The lowest BCUT2D eigenvalue weighted by atomic mass is 10.1. The molecule has 0 aliphatic heterocycles. The first-order valence-corrected chi connectivity index (χ1v) is 6.48. The topological polar surface area (TPSA) is 64.9 Å². The van der Waals surface area contributed by atoms with Gasteiger partial charge in [-0.25, -0.2) is 0 Å². The third-order valence-corrected chi connectivity index (χ3v) is 3.46. The summed E-state index contributed by atoms with van der Waals surface area (Å²) < 4.78 is 5.30. The maximum Gasteiger partial charge on any atom is 0.258 e. The van der Waals surface area contributed by atoms with Crippen molar-refractivity contribution in [3.8, 4) is 22.8 Å². The fourth-order valence-corrected chi connectivity index (χ4v) is 2.05. The van der Waals surface area contributed by atoms with Crippen LogP contribution in [0.5, 0.6) is 0 Å². The van der Waals surface area contributed by atoms with E-state index in [1.165, 1.54) is 0 Å². The van der Waals surface area contributed by atoms with E-state index in [1.807, 2.05) is 43.3 Å². The van der Waals surface area contributed by atoms with Crippen molar-refractivity contribution in [3.63, 3.8) is 0 Å². The van der Waals surface area contributed by atoms with Crippen LogP contribution in [0.1, 0.15) is 5.56 Å². The van der Waals surface area contributed by atoms with E-state index >= 15 is 0 Å². The summed E-state index contributed by atoms with van der Waals surface area (Å²) in [6, 6.07) is 13.0. The van der Waals surface area contributed by atoms with E-state index < -0.39 is 0 Å². The van der Waals surface area contributed by atoms with Gasteiger partial charge in [0, 0.05) is 21.8 Å². The number of aryl methyl sites for hydroxylation is 1. The molecule has 0 unspecified atom stereocenters. The molecule has 0 saturated heterocycles. The molecule has 0 aliphatic rings. The molecule has 1 aromatic heterocycles. The van der Waals surface area contributed by atoms with Crippen molar-refractivity contribution in [2.75, 3.05) is 5.73 Å². The molecule has 0 fully saturated rings. The van der Waals surface area contributed by atoms with Crippen LogP contribution in [-0.4, -0.2) is 10.1 Å². The van der Waals surface area contributed by atoms with Crippen LogP contribution in [0.3, 0.4) is 0 Å². The molecule has 3 rings (SSSR count). The molecule has 0 amide bonds. The number of nitrogens with two attached hydrogens (primary N) is 1. The van der Waals surface area contributed by atoms with Gasteiger partial charge < -0.3 is 10.3 Å². The van der Waals surface area contributed by atoms with Crippen LogP contribution >= 0.6 is 11.6 Å². The SMILES string of the molecule is Cc1cc(-c2nc(-c3ccccc3N)no2)ccc1Cl. The molecule has 0 atom stereocenters. The number of halogens is 1. The fourth-order valence-electron chi connectivity index (χ4n) is 1.93. The summed E-state index contributed by atoms with van der Waals surface area (Å²) in [5.41, 5.74) is 9.08. The van der Waals surface area contributed by atoms with E-state index in [4.69, 9.17) is 21.9 Å². The zero-order chi connectivity index (χ0) is 14.1. The third-order valence-electron chi connectivity index (χ3n) is 3.03. The molecular weight excluding hydrogens is 274 g/mol. The van der Waals surface area contributed by atoms with Crippen LogP contribution in [0.4, 0.5) is 5.69 Å². The quantitative estimate of drug-likeness (QED) is 0.724. The molecule has 100 valence electrons. The number of hydrogen-bond acceptors (Lipinski definition) is 4.